The largest absolute Gasteiger partial charge is 0.355 e. The van der Waals surface area contributed by atoms with Gasteiger partial charge in [0.15, 0.2) is 10.2 Å². The number of ether oxygens (including phenoxy) is 2. The van der Waals surface area contributed by atoms with Gasteiger partial charge < -0.3 is 9.47 Å². The summed E-state index contributed by atoms with van der Waals surface area (Å²) in [5.74, 6) is 1.28. The van der Waals surface area contributed by atoms with E-state index in [1.54, 1.807) is 13.8 Å². The Morgan fingerprint density at radius 3 is 1.88 bits per heavy atom. The van der Waals surface area contributed by atoms with E-state index in [0.29, 0.717) is 31.5 Å². The normalized spacial score (nSPS) is 19.4. The third-order valence-corrected chi connectivity index (χ3v) is 4.47. The van der Waals surface area contributed by atoms with Gasteiger partial charge in [0.05, 0.1) is 13.2 Å². The lowest BCUT2D eigenvalue weighted by molar-refractivity contribution is -0.150. The van der Waals surface area contributed by atoms with Crippen LogP contribution in [0.5, 0.6) is 0 Å². The molecule has 1 aliphatic heterocycles. The molecular formula is C10H16O4S2. The van der Waals surface area contributed by atoms with E-state index in [2.05, 4.69) is 0 Å². The first-order valence-corrected chi connectivity index (χ1v) is 6.93. The SMILES string of the molecule is CC(=O)SCC1(CSC(C)=O)COCOC1. The average molecular weight is 264 g/mol. The Balaban J connectivity index is 2.52. The van der Waals surface area contributed by atoms with Crippen LogP contribution in [0.1, 0.15) is 13.8 Å². The number of thioether (sulfide) groups is 2. The monoisotopic (exact) mass is 264 g/mol. The summed E-state index contributed by atoms with van der Waals surface area (Å²) in [6, 6.07) is 0. The summed E-state index contributed by atoms with van der Waals surface area (Å²) in [4.78, 5) is 21.9. The molecule has 1 rings (SSSR count). The van der Waals surface area contributed by atoms with Gasteiger partial charge in [-0.1, -0.05) is 23.5 Å². The second kappa shape index (κ2) is 6.64. The molecule has 0 aromatic rings. The first-order chi connectivity index (χ1) is 7.54. The third kappa shape index (κ3) is 4.86. The number of hydrogen-bond acceptors (Lipinski definition) is 6. The smallest absolute Gasteiger partial charge is 0.185 e. The number of carbonyl (C=O) groups excluding carboxylic acids is 2. The van der Waals surface area contributed by atoms with Crippen LogP contribution in [0.4, 0.5) is 0 Å². The van der Waals surface area contributed by atoms with E-state index in [9.17, 15) is 9.59 Å². The highest BCUT2D eigenvalue weighted by Crippen LogP contribution is 2.31. The highest BCUT2D eigenvalue weighted by atomic mass is 32.2. The first-order valence-electron chi connectivity index (χ1n) is 4.96. The van der Waals surface area contributed by atoms with Gasteiger partial charge in [0.1, 0.15) is 6.79 Å². The molecule has 6 heteroatoms. The van der Waals surface area contributed by atoms with Gasteiger partial charge in [0.2, 0.25) is 0 Å². The van der Waals surface area contributed by atoms with Gasteiger partial charge in [-0.3, -0.25) is 9.59 Å². The summed E-state index contributed by atoms with van der Waals surface area (Å²) in [5, 5.41) is 0.163. The van der Waals surface area contributed by atoms with Crippen LogP contribution in [0.15, 0.2) is 0 Å². The van der Waals surface area contributed by atoms with Gasteiger partial charge in [0, 0.05) is 30.8 Å². The summed E-state index contributed by atoms with van der Waals surface area (Å²) < 4.78 is 10.6. The fourth-order valence-electron chi connectivity index (χ4n) is 1.33. The van der Waals surface area contributed by atoms with Crippen LogP contribution in [-0.4, -0.2) is 41.7 Å². The van der Waals surface area contributed by atoms with Crippen molar-refractivity contribution >= 4 is 33.8 Å². The molecule has 0 aliphatic carbocycles. The second-order valence-corrected chi connectivity index (χ2v) is 6.18. The molecule has 1 fully saturated rings. The van der Waals surface area contributed by atoms with Crippen LogP contribution in [0.2, 0.25) is 0 Å². The van der Waals surface area contributed by atoms with Gasteiger partial charge in [-0.05, 0) is 0 Å². The molecule has 0 N–H and O–H groups in total. The molecule has 0 radical (unpaired) electrons. The standard InChI is InChI=1S/C10H16O4S2/c1-8(11)15-5-10(6-16-9(2)12)3-13-7-14-4-10/h3-7H2,1-2H3. The molecule has 0 aromatic carbocycles. The van der Waals surface area contributed by atoms with Crippen LogP contribution in [0.25, 0.3) is 0 Å². The molecule has 0 spiro atoms. The highest BCUT2D eigenvalue weighted by molar-refractivity contribution is 8.14. The van der Waals surface area contributed by atoms with Crippen molar-refractivity contribution in [1.82, 2.24) is 0 Å². The van der Waals surface area contributed by atoms with Crippen LogP contribution in [-0.2, 0) is 19.1 Å². The molecular weight excluding hydrogens is 248 g/mol. The molecule has 92 valence electrons. The molecule has 0 unspecified atom stereocenters. The number of carbonyl (C=O) groups is 2. The summed E-state index contributed by atoms with van der Waals surface area (Å²) >= 11 is 2.53. The third-order valence-electron chi connectivity index (χ3n) is 2.15. The minimum atomic E-state index is -0.217. The van der Waals surface area contributed by atoms with E-state index < -0.39 is 0 Å². The minimum absolute atomic E-state index is 0.0813. The van der Waals surface area contributed by atoms with E-state index in [0.717, 1.165) is 0 Å². The maximum atomic E-state index is 11.0. The van der Waals surface area contributed by atoms with Crippen molar-refractivity contribution in [2.24, 2.45) is 5.41 Å². The quantitative estimate of drug-likeness (QED) is 0.767. The fourth-order valence-corrected chi connectivity index (χ4v) is 3.02. The molecule has 0 aromatic heterocycles. The highest BCUT2D eigenvalue weighted by Gasteiger charge is 2.34. The van der Waals surface area contributed by atoms with E-state index in [-0.39, 0.29) is 15.6 Å². The maximum Gasteiger partial charge on any atom is 0.185 e. The molecule has 4 nitrogen and oxygen atoms in total. The van der Waals surface area contributed by atoms with Gasteiger partial charge in [-0.15, -0.1) is 0 Å². The Bertz CT molecular complexity index is 242. The summed E-state index contributed by atoms with van der Waals surface area (Å²) in [6.07, 6.45) is 0. The molecule has 1 aliphatic rings. The molecule has 16 heavy (non-hydrogen) atoms. The molecule has 1 heterocycles. The van der Waals surface area contributed by atoms with Gasteiger partial charge in [-0.2, -0.15) is 0 Å². The molecule has 0 atom stereocenters. The lowest BCUT2D eigenvalue weighted by Gasteiger charge is -2.35. The van der Waals surface area contributed by atoms with Crippen LogP contribution < -0.4 is 0 Å². The van der Waals surface area contributed by atoms with Crippen LogP contribution in [0, 0.1) is 5.41 Å². The van der Waals surface area contributed by atoms with Crippen LogP contribution >= 0.6 is 23.5 Å². The lowest BCUT2D eigenvalue weighted by Crippen LogP contribution is -2.42. The van der Waals surface area contributed by atoms with E-state index in [4.69, 9.17) is 9.47 Å². The Morgan fingerprint density at radius 1 is 1.06 bits per heavy atom. The number of rotatable bonds is 4. The Labute approximate surface area is 104 Å². The predicted molar refractivity (Wildman–Crippen MR) is 65.5 cm³/mol. The van der Waals surface area contributed by atoms with Crippen molar-refractivity contribution in [2.45, 2.75) is 13.8 Å². The maximum absolute atomic E-state index is 11.0. The zero-order chi connectivity index (χ0) is 12.0. The second-order valence-electron chi connectivity index (χ2n) is 3.88. The van der Waals surface area contributed by atoms with Crippen molar-refractivity contribution in [3.8, 4) is 0 Å². The first kappa shape index (κ1) is 14.0. The van der Waals surface area contributed by atoms with Gasteiger partial charge >= 0.3 is 0 Å². The topological polar surface area (TPSA) is 52.6 Å². The fraction of sp³-hybridized carbons (Fsp3) is 0.800. The van der Waals surface area contributed by atoms with Crippen molar-refractivity contribution < 1.29 is 19.1 Å². The van der Waals surface area contributed by atoms with Gasteiger partial charge in [-0.25, -0.2) is 0 Å². The molecule has 0 amide bonds. The summed E-state index contributed by atoms with van der Waals surface area (Å²) in [5.41, 5.74) is -0.217. The van der Waals surface area contributed by atoms with Gasteiger partial charge in [0.25, 0.3) is 0 Å². The van der Waals surface area contributed by atoms with E-state index >= 15 is 0 Å². The van der Waals surface area contributed by atoms with Crippen molar-refractivity contribution in [1.29, 1.82) is 0 Å². The average Bonchev–Trinajstić information content (AvgIpc) is 2.25. The zero-order valence-corrected chi connectivity index (χ0v) is 11.1. The summed E-state index contributed by atoms with van der Waals surface area (Å²) in [7, 11) is 0. The van der Waals surface area contributed by atoms with Crippen LogP contribution in [0.3, 0.4) is 0 Å². The zero-order valence-electron chi connectivity index (χ0n) is 9.49. The van der Waals surface area contributed by atoms with E-state index in [1.807, 2.05) is 0 Å². The van der Waals surface area contributed by atoms with Crippen molar-refractivity contribution in [3.63, 3.8) is 0 Å². The Morgan fingerprint density at radius 2 is 1.50 bits per heavy atom. The molecule has 1 saturated heterocycles. The minimum Gasteiger partial charge on any atom is -0.355 e. The van der Waals surface area contributed by atoms with Crippen molar-refractivity contribution in [2.75, 3.05) is 31.5 Å². The lowest BCUT2D eigenvalue weighted by atomic mass is 9.95. The molecule has 0 bridgehead atoms. The predicted octanol–water partition coefficient (Wildman–Crippen LogP) is 1.54. The molecule has 0 saturated carbocycles. The number of hydrogen-bond donors (Lipinski definition) is 0. The Hall–Kier alpha value is -0.0400. The van der Waals surface area contributed by atoms with Crippen molar-refractivity contribution in [3.05, 3.63) is 0 Å². The van der Waals surface area contributed by atoms with E-state index in [1.165, 1.54) is 23.5 Å². The Kier molecular flexibility index (Phi) is 5.82. The summed E-state index contributed by atoms with van der Waals surface area (Å²) in [6.45, 7) is 4.49.